The third-order valence-corrected chi connectivity index (χ3v) is 3.07. The van der Waals surface area contributed by atoms with Gasteiger partial charge in [-0.3, -0.25) is 0 Å². The van der Waals surface area contributed by atoms with E-state index in [-0.39, 0.29) is 11.0 Å². The van der Waals surface area contributed by atoms with E-state index < -0.39 is 12.6 Å². The number of thiazole rings is 1. The number of rotatable bonds is 2. The fraction of sp³-hybridized carbons (Fsp3) is 0.667. The highest BCUT2D eigenvalue weighted by Crippen LogP contribution is 2.25. The Morgan fingerprint density at radius 2 is 2.38 bits per heavy atom. The Morgan fingerprint density at radius 1 is 1.56 bits per heavy atom. The van der Waals surface area contributed by atoms with Crippen molar-refractivity contribution in [3.63, 3.8) is 0 Å². The summed E-state index contributed by atoms with van der Waals surface area (Å²) in [5.74, 6) is 0. The van der Waals surface area contributed by atoms with Crippen LogP contribution in [-0.2, 0) is 11.2 Å². The molecule has 0 aromatic carbocycles. The van der Waals surface area contributed by atoms with Crippen molar-refractivity contribution in [2.45, 2.75) is 18.6 Å². The van der Waals surface area contributed by atoms with Crippen molar-refractivity contribution < 1.29 is 17.9 Å². The van der Waals surface area contributed by atoms with E-state index in [9.17, 15) is 13.2 Å². The smallest absolute Gasteiger partial charge is 0.378 e. The van der Waals surface area contributed by atoms with Crippen LogP contribution in [0.1, 0.15) is 16.7 Å². The first kappa shape index (κ1) is 11.8. The Kier molecular flexibility index (Phi) is 3.46. The highest BCUT2D eigenvalue weighted by atomic mass is 32.1. The van der Waals surface area contributed by atoms with Gasteiger partial charge in [0.05, 0.1) is 31.4 Å². The maximum Gasteiger partial charge on any atom is 0.395 e. The average Bonchev–Trinajstić information content (AvgIpc) is 2.65. The molecule has 2 heterocycles. The zero-order chi connectivity index (χ0) is 11.6. The van der Waals surface area contributed by atoms with Gasteiger partial charge < -0.3 is 10.1 Å². The Bertz CT molecular complexity index is 347. The molecule has 0 spiro atoms. The average molecular weight is 252 g/mol. The SMILES string of the molecule is FC(F)(F)Cc1nc(C2COCCN2)cs1. The molecule has 3 nitrogen and oxygen atoms in total. The van der Waals surface area contributed by atoms with Gasteiger partial charge in [0, 0.05) is 11.9 Å². The molecule has 1 atom stereocenters. The van der Waals surface area contributed by atoms with Gasteiger partial charge in [0.25, 0.3) is 0 Å². The van der Waals surface area contributed by atoms with E-state index in [0.717, 1.165) is 11.3 Å². The molecule has 7 heteroatoms. The lowest BCUT2D eigenvalue weighted by molar-refractivity contribution is -0.127. The number of halogens is 3. The number of hydrogen-bond donors (Lipinski definition) is 1. The molecule has 1 unspecified atom stereocenters. The molecule has 0 saturated carbocycles. The molecule has 90 valence electrons. The molecule has 0 bridgehead atoms. The number of ether oxygens (including phenoxy) is 1. The number of nitrogens with one attached hydrogen (secondary N) is 1. The summed E-state index contributed by atoms with van der Waals surface area (Å²) in [5, 5.41) is 4.92. The molecular weight excluding hydrogens is 241 g/mol. The zero-order valence-electron chi connectivity index (χ0n) is 8.38. The summed E-state index contributed by atoms with van der Waals surface area (Å²) in [6.45, 7) is 1.81. The predicted molar refractivity (Wildman–Crippen MR) is 53.4 cm³/mol. The van der Waals surface area contributed by atoms with Crippen LogP contribution in [0.5, 0.6) is 0 Å². The summed E-state index contributed by atoms with van der Waals surface area (Å²) >= 11 is 1.04. The first-order valence-corrected chi connectivity index (χ1v) is 5.75. The van der Waals surface area contributed by atoms with E-state index in [1.165, 1.54) is 0 Å². The second-order valence-electron chi connectivity index (χ2n) is 3.54. The largest absolute Gasteiger partial charge is 0.395 e. The van der Waals surface area contributed by atoms with E-state index in [1.54, 1.807) is 5.38 Å². The third-order valence-electron chi connectivity index (χ3n) is 2.20. The minimum atomic E-state index is -4.19. The lowest BCUT2D eigenvalue weighted by atomic mass is 10.2. The van der Waals surface area contributed by atoms with E-state index in [4.69, 9.17) is 4.74 Å². The molecule has 1 aliphatic rings. The maximum absolute atomic E-state index is 12.1. The Hall–Kier alpha value is -0.660. The van der Waals surface area contributed by atoms with Gasteiger partial charge in [0.15, 0.2) is 0 Å². The second kappa shape index (κ2) is 4.68. The van der Waals surface area contributed by atoms with Crippen molar-refractivity contribution in [2.75, 3.05) is 19.8 Å². The van der Waals surface area contributed by atoms with Crippen LogP contribution in [0.15, 0.2) is 5.38 Å². The molecule has 1 aliphatic heterocycles. The summed E-state index contributed by atoms with van der Waals surface area (Å²) in [4.78, 5) is 3.98. The fourth-order valence-corrected chi connectivity index (χ4v) is 2.37. The molecule has 16 heavy (non-hydrogen) atoms. The minimum absolute atomic E-state index is 0.0769. The molecule has 0 amide bonds. The van der Waals surface area contributed by atoms with Crippen LogP contribution >= 0.6 is 11.3 Å². The molecule has 1 saturated heterocycles. The van der Waals surface area contributed by atoms with Crippen LogP contribution < -0.4 is 5.32 Å². The predicted octanol–water partition coefficient (Wildman–Crippen LogP) is 1.91. The topological polar surface area (TPSA) is 34.1 Å². The van der Waals surface area contributed by atoms with Crippen molar-refractivity contribution >= 4 is 11.3 Å². The number of aromatic nitrogens is 1. The van der Waals surface area contributed by atoms with Crippen LogP contribution in [0.3, 0.4) is 0 Å². The normalized spacial score (nSPS) is 22.3. The van der Waals surface area contributed by atoms with E-state index >= 15 is 0 Å². The summed E-state index contributed by atoms with van der Waals surface area (Å²) in [6.07, 6.45) is -5.14. The van der Waals surface area contributed by atoms with E-state index in [2.05, 4.69) is 10.3 Å². The molecular formula is C9H11F3N2OS. The van der Waals surface area contributed by atoms with Crippen molar-refractivity contribution in [2.24, 2.45) is 0 Å². The second-order valence-corrected chi connectivity index (χ2v) is 4.48. The third kappa shape index (κ3) is 3.16. The van der Waals surface area contributed by atoms with Crippen LogP contribution in [0.4, 0.5) is 13.2 Å². The van der Waals surface area contributed by atoms with Crippen LogP contribution in [0.25, 0.3) is 0 Å². The van der Waals surface area contributed by atoms with E-state index in [0.29, 0.717) is 25.5 Å². The zero-order valence-corrected chi connectivity index (χ0v) is 9.20. The minimum Gasteiger partial charge on any atom is -0.378 e. The molecule has 1 aromatic rings. The van der Waals surface area contributed by atoms with Crippen molar-refractivity contribution in [1.82, 2.24) is 10.3 Å². The van der Waals surface area contributed by atoms with Crippen molar-refractivity contribution in [1.29, 1.82) is 0 Å². The van der Waals surface area contributed by atoms with Gasteiger partial charge in [-0.25, -0.2) is 4.98 Å². The molecule has 2 rings (SSSR count). The first-order valence-electron chi connectivity index (χ1n) is 4.87. The standard InChI is InChI=1S/C9H11F3N2OS/c10-9(11,12)3-8-14-7(5-16-8)6-4-15-2-1-13-6/h5-6,13H,1-4H2. The van der Waals surface area contributed by atoms with Crippen LogP contribution in [0.2, 0.25) is 0 Å². The highest BCUT2D eigenvalue weighted by molar-refractivity contribution is 7.09. The Labute approximate surface area is 94.6 Å². The molecule has 0 aliphatic carbocycles. The fourth-order valence-electron chi connectivity index (χ4n) is 1.49. The number of hydrogen-bond acceptors (Lipinski definition) is 4. The lowest BCUT2D eigenvalue weighted by Gasteiger charge is -2.22. The molecule has 1 N–H and O–H groups in total. The molecule has 1 fully saturated rings. The molecule has 0 radical (unpaired) electrons. The quantitative estimate of drug-likeness (QED) is 0.873. The maximum atomic E-state index is 12.1. The van der Waals surface area contributed by atoms with Gasteiger partial charge in [0.1, 0.15) is 5.01 Å². The lowest BCUT2D eigenvalue weighted by Crippen LogP contribution is -2.34. The van der Waals surface area contributed by atoms with Gasteiger partial charge in [-0.2, -0.15) is 13.2 Å². The number of nitrogens with zero attached hydrogens (tertiary/aromatic N) is 1. The van der Waals surface area contributed by atoms with Crippen LogP contribution in [-0.4, -0.2) is 30.9 Å². The van der Waals surface area contributed by atoms with Crippen molar-refractivity contribution in [3.05, 3.63) is 16.1 Å². The number of alkyl halides is 3. The van der Waals surface area contributed by atoms with E-state index in [1.807, 2.05) is 0 Å². The van der Waals surface area contributed by atoms with Crippen LogP contribution in [0, 0.1) is 0 Å². The summed E-state index contributed by atoms with van der Waals surface area (Å²) < 4.78 is 41.6. The summed E-state index contributed by atoms with van der Waals surface area (Å²) in [7, 11) is 0. The highest BCUT2D eigenvalue weighted by Gasteiger charge is 2.30. The van der Waals surface area contributed by atoms with Gasteiger partial charge in [-0.1, -0.05) is 0 Å². The van der Waals surface area contributed by atoms with Gasteiger partial charge in [-0.05, 0) is 0 Å². The Balaban J connectivity index is 2.01. The van der Waals surface area contributed by atoms with Gasteiger partial charge in [0.2, 0.25) is 0 Å². The molecule has 1 aromatic heterocycles. The van der Waals surface area contributed by atoms with Crippen molar-refractivity contribution in [3.8, 4) is 0 Å². The Morgan fingerprint density at radius 3 is 3.00 bits per heavy atom. The summed E-state index contributed by atoms with van der Waals surface area (Å²) in [6, 6.07) is -0.0769. The van der Waals surface area contributed by atoms with Gasteiger partial charge >= 0.3 is 6.18 Å². The summed E-state index contributed by atoms with van der Waals surface area (Å²) in [5.41, 5.74) is 0.643. The monoisotopic (exact) mass is 252 g/mol. The van der Waals surface area contributed by atoms with Gasteiger partial charge in [-0.15, -0.1) is 11.3 Å². The number of morpholine rings is 1. The first-order chi connectivity index (χ1) is 7.54.